The molecule has 0 aliphatic rings. The third-order valence-electron chi connectivity index (χ3n) is 3.43. The third-order valence-corrected chi connectivity index (χ3v) is 3.43. The van der Waals surface area contributed by atoms with Crippen molar-refractivity contribution in [1.29, 1.82) is 0 Å². The fourth-order valence-corrected chi connectivity index (χ4v) is 2.26. The van der Waals surface area contributed by atoms with E-state index in [4.69, 9.17) is 10.5 Å². The van der Waals surface area contributed by atoms with E-state index in [1.165, 1.54) is 0 Å². The highest BCUT2D eigenvalue weighted by Crippen LogP contribution is 2.25. The van der Waals surface area contributed by atoms with Gasteiger partial charge < -0.3 is 10.5 Å². The fraction of sp³-hybridized carbons (Fsp3) is 0.118. The lowest BCUT2D eigenvalue weighted by atomic mass is 10.1. The second-order valence-corrected chi connectivity index (χ2v) is 4.89. The number of nitrogens with zero attached hydrogens (tertiary/aromatic N) is 1. The summed E-state index contributed by atoms with van der Waals surface area (Å²) in [6, 6.07) is 12.5. The van der Waals surface area contributed by atoms with E-state index in [9.17, 15) is 4.39 Å². The number of rotatable bonds is 3. The summed E-state index contributed by atoms with van der Waals surface area (Å²) < 4.78 is 19.5. The van der Waals surface area contributed by atoms with Crippen molar-refractivity contribution >= 4 is 16.6 Å². The number of benzene rings is 2. The van der Waals surface area contributed by atoms with Crippen molar-refractivity contribution in [2.75, 3.05) is 5.73 Å². The largest absolute Gasteiger partial charge is 0.486 e. The normalized spacial score (nSPS) is 10.8. The number of anilines is 1. The first-order valence-electron chi connectivity index (χ1n) is 6.67. The summed E-state index contributed by atoms with van der Waals surface area (Å²) >= 11 is 0. The van der Waals surface area contributed by atoms with E-state index in [2.05, 4.69) is 4.98 Å². The molecule has 0 amide bonds. The number of nitrogen functional groups attached to an aromatic ring is 1. The van der Waals surface area contributed by atoms with Crippen LogP contribution < -0.4 is 10.5 Å². The number of aromatic nitrogens is 1. The van der Waals surface area contributed by atoms with Crippen LogP contribution in [0.1, 0.15) is 11.1 Å². The quantitative estimate of drug-likeness (QED) is 0.742. The highest BCUT2D eigenvalue weighted by Gasteiger charge is 2.09. The van der Waals surface area contributed by atoms with Gasteiger partial charge in [-0.3, -0.25) is 4.98 Å². The van der Waals surface area contributed by atoms with Crippen molar-refractivity contribution in [3.8, 4) is 5.75 Å². The molecular weight excluding hydrogens is 267 g/mol. The summed E-state index contributed by atoms with van der Waals surface area (Å²) in [5.74, 6) is -0.0823. The molecule has 3 aromatic rings. The SMILES string of the molecule is Cc1cccc(OCc2ccc(N)c3cccnc23)c1F. The lowest BCUT2D eigenvalue weighted by Gasteiger charge is -2.11. The smallest absolute Gasteiger partial charge is 0.167 e. The molecule has 0 bridgehead atoms. The summed E-state index contributed by atoms with van der Waals surface area (Å²) in [7, 11) is 0. The molecular formula is C17H15FN2O. The average Bonchev–Trinajstić information content (AvgIpc) is 2.51. The van der Waals surface area contributed by atoms with Crippen LogP contribution in [0, 0.1) is 12.7 Å². The highest BCUT2D eigenvalue weighted by molar-refractivity contribution is 5.92. The Morgan fingerprint density at radius 2 is 2.00 bits per heavy atom. The molecule has 0 unspecified atom stereocenters. The van der Waals surface area contributed by atoms with Crippen molar-refractivity contribution in [2.45, 2.75) is 13.5 Å². The Morgan fingerprint density at radius 3 is 2.86 bits per heavy atom. The van der Waals surface area contributed by atoms with Gasteiger partial charge in [0.25, 0.3) is 0 Å². The number of hydrogen-bond donors (Lipinski definition) is 1. The van der Waals surface area contributed by atoms with E-state index in [1.807, 2.05) is 24.3 Å². The molecule has 0 aliphatic heterocycles. The maximum absolute atomic E-state index is 13.9. The lowest BCUT2D eigenvalue weighted by molar-refractivity contribution is 0.291. The van der Waals surface area contributed by atoms with Crippen LogP contribution >= 0.6 is 0 Å². The van der Waals surface area contributed by atoms with Crippen molar-refractivity contribution in [3.05, 3.63) is 65.6 Å². The molecule has 3 nitrogen and oxygen atoms in total. The fourth-order valence-electron chi connectivity index (χ4n) is 2.26. The number of halogens is 1. The van der Waals surface area contributed by atoms with Gasteiger partial charge >= 0.3 is 0 Å². The predicted molar refractivity (Wildman–Crippen MR) is 81.6 cm³/mol. The minimum atomic E-state index is -0.329. The van der Waals surface area contributed by atoms with Gasteiger partial charge in [-0.15, -0.1) is 0 Å². The van der Waals surface area contributed by atoms with Crippen molar-refractivity contribution in [2.24, 2.45) is 0 Å². The van der Waals surface area contributed by atoms with Gasteiger partial charge in [0.15, 0.2) is 11.6 Å². The van der Waals surface area contributed by atoms with Crippen LogP contribution in [-0.2, 0) is 6.61 Å². The molecule has 2 aromatic carbocycles. The molecule has 0 atom stereocenters. The highest BCUT2D eigenvalue weighted by atomic mass is 19.1. The van der Waals surface area contributed by atoms with E-state index in [0.29, 0.717) is 11.3 Å². The van der Waals surface area contributed by atoms with Gasteiger partial charge in [0, 0.05) is 22.8 Å². The minimum absolute atomic E-state index is 0.244. The Morgan fingerprint density at radius 1 is 1.14 bits per heavy atom. The summed E-state index contributed by atoms with van der Waals surface area (Å²) in [5.41, 5.74) is 8.83. The van der Waals surface area contributed by atoms with E-state index < -0.39 is 0 Å². The molecule has 1 aromatic heterocycles. The molecule has 21 heavy (non-hydrogen) atoms. The first kappa shape index (κ1) is 13.4. The number of pyridine rings is 1. The Kier molecular flexibility index (Phi) is 3.44. The summed E-state index contributed by atoms with van der Waals surface area (Å²) in [4.78, 5) is 4.34. The van der Waals surface area contributed by atoms with E-state index in [-0.39, 0.29) is 18.2 Å². The molecule has 4 heteroatoms. The van der Waals surface area contributed by atoms with Gasteiger partial charge in [-0.1, -0.05) is 18.2 Å². The number of ether oxygens (including phenoxy) is 1. The van der Waals surface area contributed by atoms with Gasteiger partial charge in [-0.25, -0.2) is 4.39 Å². The topological polar surface area (TPSA) is 48.1 Å². The summed E-state index contributed by atoms with van der Waals surface area (Å²) in [6.45, 7) is 1.95. The Balaban J connectivity index is 1.92. The number of aryl methyl sites for hydroxylation is 1. The van der Waals surface area contributed by atoms with Crippen molar-refractivity contribution < 1.29 is 9.13 Å². The summed E-state index contributed by atoms with van der Waals surface area (Å²) in [5, 5.41) is 0.878. The minimum Gasteiger partial charge on any atom is -0.486 e. The molecule has 0 saturated carbocycles. The van der Waals surface area contributed by atoms with Gasteiger partial charge in [0.1, 0.15) is 6.61 Å². The van der Waals surface area contributed by atoms with E-state index in [1.54, 1.807) is 31.3 Å². The predicted octanol–water partition coefficient (Wildman–Crippen LogP) is 3.84. The van der Waals surface area contributed by atoms with Crippen LogP contribution in [0.3, 0.4) is 0 Å². The number of hydrogen-bond acceptors (Lipinski definition) is 3. The first-order valence-corrected chi connectivity index (χ1v) is 6.67. The maximum atomic E-state index is 13.9. The zero-order chi connectivity index (χ0) is 14.8. The molecule has 1 heterocycles. The van der Waals surface area contributed by atoms with Gasteiger partial charge in [0.05, 0.1) is 5.52 Å². The van der Waals surface area contributed by atoms with Gasteiger partial charge in [-0.2, -0.15) is 0 Å². The van der Waals surface area contributed by atoms with Crippen LogP contribution in [0.15, 0.2) is 48.7 Å². The zero-order valence-corrected chi connectivity index (χ0v) is 11.6. The molecule has 2 N–H and O–H groups in total. The van der Waals surface area contributed by atoms with Crippen LogP contribution in [0.25, 0.3) is 10.9 Å². The molecule has 0 spiro atoms. The first-order chi connectivity index (χ1) is 10.2. The second kappa shape index (κ2) is 5.40. The molecule has 0 radical (unpaired) electrons. The maximum Gasteiger partial charge on any atom is 0.167 e. The van der Waals surface area contributed by atoms with Crippen molar-refractivity contribution in [3.63, 3.8) is 0 Å². The average molecular weight is 282 g/mol. The third kappa shape index (κ3) is 2.52. The number of fused-ring (bicyclic) bond motifs is 1. The van der Waals surface area contributed by atoms with E-state index >= 15 is 0 Å². The van der Waals surface area contributed by atoms with Crippen LogP contribution in [0.2, 0.25) is 0 Å². The molecule has 106 valence electrons. The lowest BCUT2D eigenvalue weighted by Crippen LogP contribution is -2.01. The van der Waals surface area contributed by atoms with Gasteiger partial charge in [0.2, 0.25) is 0 Å². The van der Waals surface area contributed by atoms with Crippen molar-refractivity contribution in [1.82, 2.24) is 4.98 Å². The Bertz CT molecular complexity index is 802. The molecule has 0 fully saturated rings. The molecule has 0 aliphatic carbocycles. The van der Waals surface area contributed by atoms with Crippen LogP contribution in [-0.4, -0.2) is 4.98 Å². The Hall–Kier alpha value is -2.62. The monoisotopic (exact) mass is 282 g/mol. The molecule has 0 saturated heterocycles. The second-order valence-electron chi connectivity index (χ2n) is 4.89. The number of nitrogens with two attached hydrogens (primary N) is 1. The molecule has 3 rings (SSSR count). The summed E-state index contributed by atoms with van der Waals surface area (Å²) in [6.07, 6.45) is 1.71. The standard InChI is InChI=1S/C17H15FN2O/c1-11-4-2-6-15(16(11)18)21-10-12-7-8-14(19)13-5-3-9-20-17(12)13/h2-9H,10,19H2,1H3. The Labute approximate surface area is 122 Å². The zero-order valence-electron chi connectivity index (χ0n) is 11.6. The van der Waals surface area contributed by atoms with Crippen LogP contribution in [0.5, 0.6) is 5.75 Å². The van der Waals surface area contributed by atoms with Crippen LogP contribution in [0.4, 0.5) is 10.1 Å². The van der Waals surface area contributed by atoms with E-state index in [0.717, 1.165) is 16.5 Å². The van der Waals surface area contributed by atoms with Gasteiger partial charge in [-0.05, 0) is 36.8 Å².